The lowest BCUT2D eigenvalue weighted by atomic mass is 9.97. The summed E-state index contributed by atoms with van der Waals surface area (Å²) in [6.07, 6.45) is 6.01. The molecule has 23 heavy (non-hydrogen) atoms. The summed E-state index contributed by atoms with van der Waals surface area (Å²) in [4.78, 5) is 11.0. The highest BCUT2D eigenvalue weighted by Gasteiger charge is 2.21. The fraction of sp³-hybridized carbons (Fsp3) is 0.294. The Balaban J connectivity index is 1.71. The number of fused-ring (bicyclic) bond motifs is 3. The minimum Gasteiger partial charge on any atom is -0.472 e. The monoisotopic (exact) mass is 348 g/mol. The van der Waals surface area contributed by atoms with Gasteiger partial charge in [-0.1, -0.05) is 17.7 Å². The van der Waals surface area contributed by atoms with Crippen LogP contribution in [0, 0.1) is 5.82 Å². The van der Waals surface area contributed by atoms with Crippen molar-refractivity contribution in [1.82, 2.24) is 9.97 Å². The van der Waals surface area contributed by atoms with Crippen LogP contribution in [0.5, 0.6) is 5.88 Å². The Bertz CT molecular complexity index is 860. The fourth-order valence-corrected chi connectivity index (χ4v) is 4.42. The van der Waals surface area contributed by atoms with E-state index in [2.05, 4.69) is 9.97 Å². The van der Waals surface area contributed by atoms with Crippen LogP contribution in [0.4, 0.5) is 4.39 Å². The van der Waals surface area contributed by atoms with Crippen LogP contribution in [-0.2, 0) is 19.4 Å². The molecule has 4 rings (SSSR count). The smallest absolute Gasteiger partial charge is 0.225 e. The number of ether oxygens (including phenoxy) is 1. The van der Waals surface area contributed by atoms with Gasteiger partial charge in [0.1, 0.15) is 23.6 Å². The van der Waals surface area contributed by atoms with Crippen LogP contribution in [0.15, 0.2) is 24.5 Å². The highest BCUT2D eigenvalue weighted by molar-refractivity contribution is 7.18. The molecule has 0 aliphatic heterocycles. The van der Waals surface area contributed by atoms with Crippen molar-refractivity contribution in [2.24, 2.45) is 0 Å². The molecule has 0 bridgehead atoms. The van der Waals surface area contributed by atoms with Crippen molar-refractivity contribution in [3.05, 3.63) is 51.4 Å². The first-order chi connectivity index (χ1) is 11.2. The fourth-order valence-electron chi connectivity index (χ4n) is 2.98. The maximum atomic E-state index is 13.9. The molecule has 0 unspecified atom stereocenters. The SMILES string of the molecule is Fc1cccc(Cl)c1COc1ncnc2sc3c(c12)CCCC3. The summed E-state index contributed by atoms with van der Waals surface area (Å²) in [6, 6.07) is 4.62. The van der Waals surface area contributed by atoms with Crippen LogP contribution < -0.4 is 4.74 Å². The van der Waals surface area contributed by atoms with Gasteiger partial charge in [0.25, 0.3) is 0 Å². The van der Waals surface area contributed by atoms with E-state index >= 15 is 0 Å². The van der Waals surface area contributed by atoms with Crippen molar-refractivity contribution >= 4 is 33.2 Å². The van der Waals surface area contributed by atoms with Gasteiger partial charge < -0.3 is 4.74 Å². The summed E-state index contributed by atoms with van der Waals surface area (Å²) in [6.45, 7) is 0.0578. The molecule has 2 aromatic heterocycles. The second kappa shape index (κ2) is 6.06. The van der Waals surface area contributed by atoms with Crippen molar-refractivity contribution in [2.75, 3.05) is 0 Å². The molecule has 0 spiro atoms. The van der Waals surface area contributed by atoms with E-state index in [1.807, 2.05) is 0 Å². The van der Waals surface area contributed by atoms with Crippen molar-refractivity contribution < 1.29 is 9.13 Å². The molecule has 0 fully saturated rings. The van der Waals surface area contributed by atoms with Gasteiger partial charge in [0.15, 0.2) is 0 Å². The number of aromatic nitrogens is 2. The van der Waals surface area contributed by atoms with Crippen LogP contribution in [0.3, 0.4) is 0 Å². The highest BCUT2D eigenvalue weighted by Crippen LogP contribution is 2.39. The first-order valence-corrected chi connectivity index (χ1v) is 8.74. The summed E-state index contributed by atoms with van der Waals surface area (Å²) in [5, 5.41) is 1.35. The second-order valence-corrected chi connectivity index (χ2v) is 7.05. The van der Waals surface area contributed by atoms with Gasteiger partial charge in [0.05, 0.1) is 10.4 Å². The molecule has 3 nitrogen and oxygen atoms in total. The molecule has 3 aromatic rings. The molecule has 118 valence electrons. The van der Waals surface area contributed by atoms with Gasteiger partial charge in [-0.25, -0.2) is 14.4 Å². The molecule has 0 saturated carbocycles. The van der Waals surface area contributed by atoms with E-state index < -0.39 is 0 Å². The Hall–Kier alpha value is -1.72. The molecule has 0 saturated heterocycles. The van der Waals surface area contributed by atoms with Crippen LogP contribution in [0.25, 0.3) is 10.2 Å². The number of nitrogens with zero attached hydrogens (tertiary/aromatic N) is 2. The van der Waals surface area contributed by atoms with Gasteiger partial charge in [-0.3, -0.25) is 0 Å². The van der Waals surface area contributed by atoms with Crippen molar-refractivity contribution in [1.29, 1.82) is 0 Å². The van der Waals surface area contributed by atoms with Gasteiger partial charge in [-0.15, -0.1) is 11.3 Å². The zero-order chi connectivity index (χ0) is 15.8. The Morgan fingerprint density at radius 2 is 2.09 bits per heavy atom. The zero-order valence-corrected chi connectivity index (χ0v) is 13.9. The standard InChI is InChI=1S/C17H14ClFN2OS/c18-12-5-3-6-13(19)11(12)8-22-16-15-10-4-1-2-7-14(10)23-17(15)21-9-20-16/h3,5-6,9H,1-2,4,7-8H2. The topological polar surface area (TPSA) is 35.0 Å². The largest absolute Gasteiger partial charge is 0.472 e. The van der Waals surface area contributed by atoms with E-state index in [0.717, 1.165) is 23.1 Å². The van der Waals surface area contributed by atoms with E-state index in [0.29, 0.717) is 16.5 Å². The second-order valence-electron chi connectivity index (χ2n) is 5.56. The van der Waals surface area contributed by atoms with E-state index in [4.69, 9.17) is 16.3 Å². The summed E-state index contributed by atoms with van der Waals surface area (Å²) >= 11 is 7.77. The van der Waals surface area contributed by atoms with E-state index in [1.54, 1.807) is 23.5 Å². The molecule has 2 heterocycles. The van der Waals surface area contributed by atoms with Crippen molar-refractivity contribution in [3.8, 4) is 5.88 Å². The molecule has 1 aliphatic carbocycles. The number of hydrogen-bond acceptors (Lipinski definition) is 4. The Morgan fingerprint density at radius 3 is 2.96 bits per heavy atom. The molecule has 0 amide bonds. The number of rotatable bonds is 3. The third-order valence-corrected chi connectivity index (χ3v) is 5.69. The third-order valence-electron chi connectivity index (χ3n) is 4.13. The number of aryl methyl sites for hydroxylation is 2. The lowest BCUT2D eigenvalue weighted by Crippen LogP contribution is -2.03. The number of thiophene rings is 1. The summed E-state index contributed by atoms with van der Waals surface area (Å²) in [5.41, 5.74) is 1.65. The summed E-state index contributed by atoms with van der Waals surface area (Å²) in [5.74, 6) is 0.156. The average Bonchev–Trinajstić information content (AvgIpc) is 2.93. The zero-order valence-electron chi connectivity index (χ0n) is 12.3. The van der Waals surface area contributed by atoms with Crippen LogP contribution in [-0.4, -0.2) is 9.97 Å². The van der Waals surface area contributed by atoms with Crippen molar-refractivity contribution in [3.63, 3.8) is 0 Å². The molecule has 1 aliphatic rings. The van der Waals surface area contributed by atoms with Gasteiger partial charge >= 0.3 is 0 Å². The Kier molecular flexibility index (Phi) is 3.91. The quantitative estimate of drug-likeness (QED) is 0.672. The number of halogens is 2. The average molecular weight is 349 g/mol. The summed E-state index contributed by atoms with van der Waals surface area (Å²) < 4.78 is 19.7. The first-order valence-electron chi connectivity index (χ1n) is 7.55. The minimum absolute atomic E-state index is 0.0578. The van der Waals surface area contributed by atoms with Gasteiger partial charge in [-0.05, 0) is 43.4 Å². The predicted molar refractivity (Wildman–Crippen MR) is 89.8 cm³/mol. The maximum absolute atomic E-state index is 13.9. The molecule has 0 radical (unpaired) electrons. The van der Waals surface area contributed by atoms with Crippen LogP contribution >= 0.6 is 22.9 Å². The van der Waals surface area contributed by atoms with Crippen LogP contribution in [0.1, 0.15) is 28.8 Å². The van der Waals surface area contributed by atoms with E-state index in [9.17, 15) is 4.39 Å². The summed E-state index contributed by atoms with van der Waals surface area (Å²) in [7, 11) is 0. The Morgan fingerprint density at radius 1 is 1.22 bits per heavy atom. The highest BCUT2D eigenvalue weighted by atomic mass is 35.5. The molecular weight excluding hydrogens is 335 g/mol. The van der Waals surface area contributed by atoms with Crippen LogP contribution in [0.2, 0.25) is 5.02 Å². The first kappa shape index (κ1) is 14.8. The van der Waals surface area contributed by atoms with Gasteiger partial charge in [0, 0.05) is 10.4 Å². The third kappa shape index (κ3) is 2.68. The molecule has 0 N–H and O–H groups in total. The molecule has 6 heteroatoms. The lowest BCUT2D eigenvalue weighted by molar-refractivity contribution is 0.291. The van der Waals surface area contributed by atoms with Crippen molar-refractivity contribution in [2.45, 2.75) is 32.3 Å². The van der Waals surface area contributed by atoms with Gasteiger partial charge in [-0.2, -0.15) is 0 Å². The maximum Gasteiger partial charge on any atom is 0.225 e. The number of benzene rings is 1. The minimum atomic E-state index is -0.366. The molecular formula is C17H14ClFN2OS. The van der Waals surface area contributed by atoms with E-state index in [-0.39, 0.29) is 12.4 Å². The Labute approximate surface area is 142 Å². The normalized spacial score (nSPS) is 14.0. The molecule has 0 atom stereocenters. The van der Waals surface area contributed by atoms with Gasteiger partial charge in [0.2, 0.25) is 5.88 Å². The predicted octanol–water partition coefficient (Wildman–Crippen LogP) is 4.94. The van der Waals surface area contributed by atoms with E-state index in [1.165, 1.54) is 35.7 Å². The number of hydrogen-bond donors (Lipinski definition) is 0. The molecule has 1 aromatic carbocycles. The lowest BCUT2D eigenvalue weighted by Gasteiger charge is -2.12.